The first-order valence-electron chi connectivity index (χ1n) is 14.1. The van der Waals surface area contributed by atoms with Gasteiger partial charge in [0.05, 0.1) is 46.0 Å². The second-order valence-electron chi connectivity index (χ2n) is 10.8. The maximum absolute atomic E-state index is 14.6. The van der Waals surface area contributed by atoms with Crippen molar-refractivity contribution in [2.45, 2.75) is 49.9 Å². The molecule has 1 saturated carbocycles. The quantitative estimate of drug-likeness (QED) is 0.138. The SMILES string of the molecule is [B]C(Nc1cc(C(F)(F)F)c2ncc(C#N)c(N[C@H](CC)c3ccccc3)c2c1)(c1ccc(F)cc1)c1cn(C2CC2)nn1. The number of nitrogens with one attached hydrogen (secondary N) is 2. The minimum Gasteiger partial charge on any atom is -0.378 e. The van der Waals surface area contributed by atoms with Crippen molar-refractivity contribution in [2.75, 3.05) is 10.6 Å². The molecule has 2 heterocycles. The van der Waals surface area contributed by atoms with Crippen molar-refractivity contribution in [3.8, 4) is 6.07 Å². The molecule has 0 amide bonds. The Labute approximate surface area is 252 Å². The molecule has 0 aliphatic heterocycles. The van der Waals surface area contributed by atoms with Gasteiger partial charge >= 0.3 is 6.18 Å². The Hall–Kier alpha value is -4.92. The first-order valence-corrected chi connectivity index (χ1v) is 14.1. The van der Waals surface area contributed by atoms with E-state index in [-0.39, 0.29) is 45.6 Å². The smallest absolute Gasteiger partial charge is 0.378 e. The van der Waals surface area contributed by atoms with Gasteiger partial charge in [0.15, 0.2) is 0 Å². The van der Waals surface area contributed by atoms with Crippen molar-refractivity contribution in [2.24, 2.45) is 0 Å². The molecule has 2 N–H and O–H groups in total. The Morgan fingerprint density at radius 1 is 1.09 bits per heavy atom. The molecule has 1 unspecified atom stereocenters. The largest absolute Gasteiger partial charge is 0.418 e. The van der Waals surface area contributed by atoms with Crippen molar-refractivity contribution < 1.29 is 17.6 Å². The summed E-state index contributed by atoms with van der Waals surface area (Å²) in [5.41, 5.74) is -1.24. The summed E-state index contributed by atoms with van der Waals surface area (Å²) < 4.78 is 59.3. The van der Waals surface area contributed by atoms with Gasteiger partial charge in [-0.2, -0.15) is 18.4 Å². The van der Waals surface area contributed by atoms with Crippen LogP contribution in [-0.2, 0) is 11.6 Å². The van der Waals surface area contributed by atoms with Gasteiger partial charge in [0, 0.05) is 17.3 Å². The Morgan fingerprint density at radius 2 is 1.82 bits per heavy atom. The molecular formula is C32H26BF4N7. The van der Waals surface area contributed by atoms with Crippen molar-refractivity contribution in [3.63, 3.8) is 0 Å². The van der Waals surface area contributed by atoms with Gasteiger partial charge in [0.25, 0.3) is 0 Å². The molecular weight excluding hydrogens is 569 g/mol. The van der Waals surface area contributed by atoms with Crippen molar-refractivity contribution in [1.82, 2.24) is 20.0 Å². The molecule has 220 valence electrons. The lowest BCUT2D eigenvalue weighted by Crippen LogP contribution is -2.38. The highest BCUT2D eigenvalue weighted by Crippen LogP contribution is 2.42. The number of anilines is 2. The Balaban J connectivity index is 1.53. The van der Waals surface area contributed by atoms with Gasteiger partial charge in [-0.15, -0.1) is 5.10 Å². The molecule has 1 aliphatic rings. The van der Waals surface area contributed by atoms with Crippen molar-refractivity contribution >= 4 is 30.1 Å². The number of nitriles is 1. The molecule has 3 aromatic carbocycles. The van der Waals surface area contributed by atoms with E-state index in [1.807, 2.05) is 37.3 Å². The summed E-state index contributed by atoms with van der Waals surface area (Å²) in [4.78, 5) is 4.07. The molecule has 1 fully saturated rings. The first kappa shape index (κ1) is 29.2. The van der Waals surface area contributed by atoms with Crippen LogP contribution in [0.3, 0.4) is 0 Å². The van der Waals surface area contributed by atoms with Crippen LogP contribution in [0.4, 0.5) is 28.9 Å². The highest BCUT2D eigenvalue weighted by Gasteiger charge is 2.37. The normalized spacial score (nSPS) is 15.4. The Bertz CT molecular complexity index is 1850. The van der Waals surface area contributed by atoms with E-state index in [0.717, 1.165) is 30.7 Å². The van der Waals surface area contributed by atoms with E-state index in [2.05, 4.69) is 32.0 Å². The van der Waals surface area contributed by atoms with Crippen LogP contribution in [0.1, 0.15) is 66.2 Å². The van der Waals surface area contributed by atoms with Crippen molar-refractivity contribution in [1.29, 1.82) is 5.26 Å². The number of fused-ring (bicyclic) bond motifs is 1. The van der Waals surface area contributed by atoms with Crippen LogP contribution in [0.5, 0.6) is 0 Å². The van der Waals surface area contributed by atoms with Gasteiger partial charge in [0.2, 0.25) is 0 Å². The minimum absolute atomic E-state index is 0.00896. The molecule has 44 heavy (non-hydrogen) atoms. The lowest BCUT2D eigenvalue weighted by Gasteiger charge is -2.32. The minimum atomic E-state index is -4.79. The fourth-order valence-electron chi connectivity index (χ4n) is 5.31. The predicted octanol–water partition coefficient (Wildman–Crippen LogP) is 7.24. The second kappa shape index (κ2) is 11.3. The van der Waals surface area contributed by atoms with E-state index in [1.165, 1.54) is 30.3 Å². The molecule has 2 aromatic heterocycles. The van der Waals surface area contributed by atoms with E-state index in [0.29, 0.717) is 12.0 Å². The molecule has 0 saturated heterocycles. The predicted molar refractivity (Wildman–Crippen MR) is 159 cm³/mol. The van der Waals surface area contributed by atoms with E-state index in [1.54, 1.807) is 10.9 Å². The molecule has 5 aromatic rings. The zero-order chi connectivity index (χ0) is 31.1. The third-order valence-corrected chi connectivity index (χ3v) is 7.80. The van der Waals surface area contributed by atoms with Crippen LogP contribution in [0.15, 0.2) is 79.1 Å². The molecule has 2 atom stereocenters. The number of nitrogens with zero attached hydrogens (tertiary/aromatic N) is 5. The van der Waals surface area contributed by atoms with Gasteiger partial charge in [0.1, 0.15) is 25.4 Å². The summed E-state index contributed by atoms with van der Waals surface area (Å²) in [7, 11) is 6.92. The number of hydrogen-bond acceptors (Lipinski definition) is 6. The summed E-state index contributed by atoms with van der Waals surface area (Å²) in [6, 6.07) is 19.1. The fraction of sp³-hybridized carbons (Fsp3) is 0.250. The van der Waals surface area contributed by atoms with Gasteiger partial charge in [-0.3, -0.25) is 4.98 Å². The average molecular weight is 595 g/mol. The molecule has 1 aliphatic carbocycles. The van der Waals surface area contributed by atoms with E-state index < -0.39 is 23.0 Å². The Morgan fingerprint density at radius 3 is 2.45 bits per heavy atom. The highest BCUT2D eigenvalue weighted by atomic mass is 19.4. The topological polar surface area (TPSA) is 91.5 Å². The monoisotopic (exact) mass is 595 g/mol. The number of hydrogen-bond donors (Lipinski definition) is 2. The Kier molecular flexibility index (Phi) is 7.49. The lowest BCUT2D eigenvalue weighted by atomic mass is 9.69. The van der Waals surface area contributed by atoms with E-state index >= 15 is 0 Å². The van der Waals surface area contributed by atoms with Crippen LogP contribution in [0, 0.1) is 17.1 Å². The number of aromatic nitrogens is 4. The standard InChI is InChI=1S/C32H26BF4N7/c1-2-27(19-6-4-3-5-7-19)40-29-20(16-38)17-39-30-25(29)14-23(15-26(30)32(35,36)37)41-31(33,21-8-10-22(34)11-9-21)28-18-44(43-42-28)24-12-13-24/h3-11,14-15,17-18,24,27,41H,2,12-13H2,1H3,(H,39,40)/t27-,31?/m1/s1. The van der Waals surface area contributed by atoms with Gasteiger partial charge in [-0.1, -0.05) is 54.6 Å². The van der Waals surface area contributed by atoms with Crippen LogP contribution in [0.2, 0.25) is 0 Å². The van der Waals surface area contributed by atoms with Gasteiger partial charge in [-0.05, 0) is 54.7 Å². The lowest BCUT2D eigenvalue weighted by molar-refractivity contribution is -0.136. The molecule has 6 rings (SSSR count). The maximum Gasteiger partial charge on any atom is 0.418 e. The number of halogens is 4. The number of pyridine rings is 1. The van der Waals surface area contributed by atoms with E-state index in [4.69, 9.17) is 7.85 Å². The molecule has 12 heteroatoms. The molecule has 0 bridgehead atoms. The fourth-order valence-corrected chi connectivity index (χ4v) is 5.31. The summed E-state index contributed by atoms with van der Waals surface area (Å²) in [5.74, 6) is -0.502. The van der Waals surface area contributed by atoms with E-state index in [9.17, 15) is 22.8 Å². The molecule has 7 nitrogen and oxygen atoms in total. The number of benzene rings is 3. The maximum atomic E-state index is 14.6. The zero-order valence-electron chi connectivity index (χ0n) is 23.6. The summed E-state index contributed by atoms with van der Waals surface area (Å²) in [6.45, 7) is 1.94. The van der Waals surface area contributed by atoms with Crippen LogP contribution in [0.25, 0.3) is 10.9 Å². The third kappa shape index (κ3) is 5.57. The molecule has 0 spiro atoms. The second-order valence-corrected chi connectivity index (χ2v) is 10.8. The zero-order valence-corrected chi connectivity index (χ0v) is 23.6. The highest BCUT2D eigenvalue weighted by molar-refractivity contribution is 6.19. The van der Waals surface area contributed by atoms with Crippen molar-refractivity contribution in [3.05, 3.63) is 113 Å². The van der Waals surface area contributed by atoms with Crippen LogP contribution in [-0.4, -0.2) is 27.8 Å². The summed E-state index contributed by atoms with van der Waals surface area (Å²) in [5, 5.41) is 24.8. The number of rotatable bonds is 9. The number of alkyl halides is 3. The summed E-state index contributed by atoms with van der Waals surface area (Å²) in [6.07, 6.45) is 0.446. The van der Waals surface area contributed by atoms with Gasteiger partial charge < -0.3 is 10.6 Å². The average Bonchev–Trinajstić information content (AvgIpc) is 3.75. The third-order valence-electron chi connectivity index (χ3n) is 7.80. The van der Waals surface area contributed by atoms with Crippen LogP contribution < -0.4 is 10.6 Å². The summed E-state index contributed by atoms with van der Waals surface area (Å²) >= 11 is 0. The first-order chi connectivity index (χ1) is 21.1. The van der Waals surface area contributed by atoms with Gasteiger partial charge in [-0.25, -0.2) is 9.07 Å². The van der Waals surface area contributed by atoms with Crippen LogP contribution >= 0.6 is 0 Å². The molecule has 2 radical (unpaired) electrons.